The van der Waals surface area contributed by atoms with Crippen LogP contribution in [0.25, 0.3) is 0 Å². The summed E-state index contributed by atoms with van der Waals surface area (Å²) in [5, 5.41) is 70.2. The Labute approximate surface area is 633 Å². The van der Waals surface area contributed by atoms with Crippen LogP contribution in [0.1, 0.15) is 115 Å². The molecule has 0 unspecified atom stereocenters. The molecule has 39 nitrogen and oxygen atoms in total. The van der Waals surface area contributed by atoms with Crippen LogP contribution in [0.2, 0.25) is 0 Å². The lowest BCUT2D eigenvalue weighted by molar-refractivity contribution is -0.193. The lowest BCUT2D eigenvalue weighted by atomic mass is 10.00. The van der Waals surface area contributed by atoms with Crippen LogP contribution in [0.4, 0.5) is 44.3 Å². The molecule has 48 heteroatoms. The van der Waals surface area contributed by atoms with Crippen LogP contribution in [-0.4, -0.2) is 227 Å². The lowest BCUT2D eigenvalue weighted by Gasteiger charge is -2.28. The number of hydrogen-bond donors (Lipinski definition) is 22. The van der Waals surface area contributed by atoms with Crippen LogP contribution >= 0.6 is 0 Å². The highest BCUT2D eigenvalue weighted by Gasteiger charge is 2.40. The quantitative estimate of drug-likeness (QED) is 0.0196. The Balaban J connectivity index is 0.00000511. The van der Waals surface area contributed by atoms with E-state index in [2.05, 4.69) is 73.5 Å². The van der Waals surface area contributed by atoms with Gasteiger partial charge in [0, 0.05) is 65.0 Å². The maximum Gasteiger partial charge on any atom is 0.490 e. The highest BCUT2D eigenvalue weighted by Crippen LogP contribution is 2.18. The van der Waals surface area contributed by atoms with Gasteiger partial charge >= 0.3 is 42.5 Å². The van der Waals surface area contributed by atoms with Gasteiger partial charge in [-0.2, -0.15) is 39.5 Å². The number of phenols is 2. The van der Waals surface area contributed by atoms with E-state index in [9.17, 15) is 102 Å². The van der Waals surface area contributed by atoms with Crippen molar-refractivity contribution >= 4 is 101 Å². The number of phenolic OH excluding ortho intramolecular Hbond substituents is 2. The highest BCUT2D eigenvalue weighted by atomic mass is 19.4. The minimum atomic E-state index is -5.08. The second-order valence-corrected chi connectivity index (χ2v) is 24.4. The zero-order valence-corrected chi connectivity index (χ0v) is 60.7. The Morgan fingerprint density at radius 2 is 1.10 bits per heavy atom. The van der Waals surface area contributed by atoms with Gasteiger partial charge in [0.1, 0.15) is 53.8 Å². The highest BCUT2D eigenvalue weighted by molar-refractivity contribution is 5.99. The zero-order valence-electron chi connectivity index (χ0n) is 60.7. The molecule has 0 saturated carbocycles. The topological polar surface area (TPSA) is 666 Å². The molecule has 1 aliphatic rings. The Morgan fingerprint density at radius 1 is 0.607 bits per heavy atom. The van der Waals surface area contributed by atoms with Crippen molar-refractivity contribution in [3.8, 4) is 11.5 Å². The number of carboxylic acid groups (broad SMARTS) is 3. The van der Waals surface area contributed by atoms with Crippen LogP contribution in [0.3, 0.4) is 0 Å². The summed E-state index contributed by atoms with van der Waals surface area (Å²) in [7, 11) is 0. The van der Waals surface area contributed by atoms with Crippen LogP contribution in [0, 0.1) is 5.92 Å². The second-order valence-electron chi connectivity index (χ2n) is 24.4. The summed E-state index contributed by atoms with van der Waals surface area (Å²) in [6.45, 7) is 5.44. The number of nitrogens with zero attached hydrogens (tertiary/aromatic N) is 3. The van der Waals surface area contributed by atoms with Crippen molar-refractivity contribution in [3.63, 3.8) is 0 Å². The Bertz CT molecular complexity index is 3470. The van der Waals surface area contributed by atoms with Gasteiger partial charge in [-0.3, -0.25) is 68.2 Å². The smallest absolute Gasteiger partial charge is 0.490 e. The molecule has 1 aliphatic heterocycles. The van der Waals surface area contributed by atoms with Crippen LogP contribution in [-0.2, 0) is 75.2 Å². The van der Waals surface area contributed by atoms with Gasteiger partial charge in [-0.05, 0) is 106 Å². The molecule has 0 saturated heterocycles. The number of aliphatic carboxylic acids is 3. The Kier molecular flexibility index (Phi) is 45.7. The number of alkyl halides is 9. The minimum absolute atomic E-state index is 0.00756. The Morgan fingerprint density at radius 3 is 1.60 bits per heavy atom. The fourth-order valence-corrected chi connectivity index (χ4v) is 9.04. The monoisotopic (exact) mass is 1620 g/mol. The number of urea groups is 1. The molecule has 0 radical (unpaired) electrons. The molecule has 0 aliphatic carbocycles. The van der Waals surface area contributed by atoms with E-state index in [1.165, 1.54) is 48.5 Å². The van der Waals surface area contributed by atoms with Gasteiger partial charge in [0.15, 0.2) is 17.9 Å². The van der Waals surface area contributed by atoms with Gasteiger partial charge < -0.3 is 113 Å². The van der Waals surface area contributed by atoms with Crippen molar-refractivity contribution in [1.82, 2.24) is 58.5 Å². The fourth-order valence-electron chi connectivity index (χ4n) is 9.04. The van der Waals surface area contributed by atoms with Crippen molar-refractivity contribution in [1.29, 1.82) is 0 Å². The van der Waals surface area contributed by atoms with Gasteiger partial charge in [0.2, 0.25) is 59.1 Å². The molecule has 1 heterocycles. The van der Waals surface area contributed by atoms with Gasteiger partial charge in [0.05, 0.1) is 6.42 Å². The largest absolute Gasteiger partial charge is 0.508 e. The normalized spacial score (nSPS) is 17.1. The third kappa shape index (κ3) is 46.2. The van der Waals surface area contributed by atoms with Crippen molar-refractivity contribution in [2.24, 2.45) is 55.3 Å². The first-order valence-corrected chi connectivity index (χ1v) is 33.9. The number of amides is 12. The standard InChI is InChI=1S/C58H92N20O13.3C2HF3O2/c1-4-45(81)65-25-10-14-46(82)72-44-32-47(83)71-38(11-7-26-67-55(60)61)50(86)77-43(31-35-17-21-37(80)22-18-35)54(90)74-40(13-9-28-69-57(64)78-58(91)70-24-6-5-23-66-49(44)85)52(88)76-42(29-33(2)3)53(89)73-39(12-8-27-68-56(62)63)51(87)75-41(48(59)84)30-34-15-19-36(79)20-16-34;3*3-2(4,5)1(6)7/h15-22,33,38-44,79-80H,4-14,23-32H2,1-3H3,(H2,59,84)(H,65,81)(H,66,85)(H,71,83)(H,72,82)(H,73,89)(H,74,90)(H,75,87)(H,76,88)(H,77,86)(H4,60,61,67)(H4,62,63,68)(H4,64,69,70,78,91);3*(H,6,7)/t38-,39-,40-,41-,42-,43-,44+;;;/m0.../s1. The summed E-state index contributed by atoms with van der Waals surface area (Å²) in [6, 6.07) is 0.738. The lowest BCUT2D eigenvalue weighted by Crippen LogP contribution is -2.60. The van der Waals surface area contributed by atoms with Crippen LogP contribution in [0.5, 0.6) is 11.5 Å². The predicted molar refractivity (Wildman–Crippen MR) is 378 cm³/mol. The van der Waals surface area contributed by atoms with Gasteiger partial charge in [-0.25, -0.2) is 19.2 Å². The first-order chi connectivity index (χ1) is 52.0. The van der Waals surface area contributed by atoms with Crippen LogP contribution in [0.15, 0.2) is 63.5 Å². The average molecular weight is 1620 g/mol. The number of aliphatic imine (C=N–C) groups is 3. The first kappa shape index (κ1) is 99.8. The van der Waals surface area contributed by atoms with E-state index in [1.807, 2.05) is 0 Å². The maximum atomic E-state index is 14.9. The van der Waals surface area contributed by atoms with Crippen molar-refractivity contribution in [3.05, 3.63) is 59.7 Å². The predicted octanol–water partition coefficient (Wildman–Crippen LogP) is -2.18. The molecule has 0 spiro atoms. The first-order valence-electron chi connectivity index (χ1n) is 33.9. The summed E-state index contributed by atoms with van der Waals surface area (Å²) in [5.41, 5.74) is 34.9. The molecule has 3 rings (SSSR count). The number of rotatable bonds is 27. The molecule has 112 heavy (non-hydrogen) atoms. The average Bonchev–Trinajstić information content (AvgIpc) is 0.859. The number of carbonyl (C=O) groups is 14. The van der Waals surface area contributed by atoms with Gasteiger partial charge in [0.25, 0.3) is 0 Å². The summed E-state index contributed by atoms with van der Waals surface area (Å²) in [4.78, 5) is 190. The zero-order chi connectivity index (χ0) is 85.6. The maximum absolute atomic E-state index is 14.9. The number of carboxylic acids is 3. The van der Waals surface area contributed by atoms with Gasteiger partial charge in [-0.1, -0.05) is 45.0 Å². The van der Waals surface area contributed by atoms with E-state index in [0.29, 0.717) is 24.0 Å². The molecular weight excluding hydrogens is 1520 g/mol. The number of nitrogens with one attached hydrogen (secondary N) is 11. The minimum Gasteiger partial charge on any atom is -0.508 e. The van der Waals surface area contributed by atoms with E-state index >= 15 is 0 Å². The third-order valence-corrected chi connectivity index (χ3v) is 14.5. The van der Waals surface area contributed by atoms with E-state index in [4.69, 9.17) is 64.1 Å². The fraction of sp³-hybridized carbons (Fsp3) is 0.547. The number of nitrogens with two attached hydrogens (primary N) is 6. The number of guanidine groups is 3. The summed E-state index contributed by atoms with van der Waals surface area (Å²) < 4.78 is 95.2. The number of hydrogen-bond acceptors (Lipinski definition) is 20. The summed E-state index contributed by atoms with van der Waals surface area (Å²) >= 11 is 0. The molecule has 12 amide bonds. The number of halogens is 9. The van der Waals surface area contributed by atoms with E-state index in [1.54, 1.807) is 20.8 Å². The van der Waals surface area contributed by atoms with Crippen molar-refractivity contribution in [2.75, 3.05) is 39.3 Å². The molecule has 0 bridgehead atoms. The molecule has 0 fully saturated rings. The molecule has 628 valence electrons. The second kappa shape index (κ2) is 51.2. The molecule has 2 aromatic carbocycles. The number of aromatic hydroxyl groups is 2. The number of carbonyl (C=O) groups excluding carboxylic acids is 11. The molecule has 7 atom stereocenters. The molecular formula is C64H95F9N20O19. The van der Waals surface area contributed by atoms with Crippen LogP contribution < -0.4 is 92.9 Å². The summed E-state index contributed by atoms with van der Waals surface area (Å²) in [6.07, 6.45) is -15.5. The molecule has 0 aromatic heterocycles. The summed E-state index contributed by atoms with van der Waals surface area (Å²) in [5.74, 6) is -17.3. The van der Waals surface area contributed by atoms with Gasteiger partial charge in [-0.15, -0.1) is 0 Å². The number of benzene rings is 2. The van der Waals surface area contributed by atoms with E-state index < -0.39 is 144 Å². The van der Waals surface area contributed by atoms with Crippen molar-refractivity contribution in [2.45, 2.75) is 178 Å². The molecule has 28 N–H and O–H groups in total. The number of primary amides is 1. The SMILES string of the molecule is CCC(=O)NCCCC(=O)N[C@@H]1CC(=O)N[C@@H](CCCN=C(N)N)C(=O)N[C@@H](Cc2ccc(O)cc2)C(=O)N[C@H](C(=O)N[C@@H](CC(C)C)C(=O)N[C@@H](CCCN=C(N)N)C(=O)N[C@@H](Cc2ccc(O)cc2)C(N)=O)CCCN=C(N)NC(=O)NCCCCNC1=O.O=C(O)C(F)(F)F.O=C(O)C(F)(F)F.O=C(O)C(F)(F)F. The Hall–Kier alpha value is -12.2. The molecule has 2 aromatic rings. The van der Waals surface area contributed by atoms with Crippen molar-refractivity contribution < 1.29 is 132 Å². The van der Waals surface area contributed by atoms with E-state index in [-0.39, 0.29) is 158 Å². The third-order valence-electron chi connectivity index (χ3n) is 14.5. The van der Waals surface area contributed by atoms with E-state index in [0.717, 1.165) is 0 Å².